The minimum absolute atomic E-state index is 0.0687. The summed E-state index contributed by atoms with van der Waals surface area (Å²) in [7, 11) is 0. The normalized spacial score (nSPS) is 16.6. The van der Waals surface area contributed by atoms with Crippen LogP contribution in [0.4, 0.5) is 0 Å². The summed E-state index contributed by atoms with van der Waals surface area (Å²) in [5.41, 5.74) is 0. The first-order valence-electron chi connectivity index (χ1n) is 9.93. The van der Waals surface area contributed by atoms with Crippen molar-refractivity contribution < 1.29 is 4.79 Å². The van der Waals surface area contributed by atoms with Gasteiger partial charge in [-0.1, -0.05) is 50.9 Å². The number of nitrogens with one attached hydrogen (secondary N) is 1. The van der Waals surface area contributed by atoms with Crippen LogP contribution in [0.5, 0.6) is 0 Å². The van der Waals surface area contributed by atoms with Crippen LogP contribution in [0.15, 0.2) is 22.7 Å². The molecule has 2 aromatic rings. The lowest BCUT2D eigenvalue weighted by Gasteiger charge is -2.25. The van der Waals surface area contributed by atoms with E-state index in [0.29, 0.717) is 17.7 Å². The molecule has 0 unspecified atom stereocenters. The fraction of sp³-hybridized carbons (Fsp3) is 0.650. The molecule has 0 bridgehead atoms. The van der Waals surface area contributed by atoms with E-state index in [0.717, 1.165) is 17.4 Å². The molecular formula is C20H30N4OS2. The van der Waals surface area contributed by atoms with Gasteiger partial charge in [0.2, 0.25) is 5.91 Å². The second-order valence-corrected chi connectivity index (χ2v) is 9.68. The van der Waals surface area contributed by atoms with Crippen LogP contribution in [0.25, 0.3) is 0 Å². The quantitative estimate of drug-likeness (QED) is 0.646. The Morgan fingerprint density at radius 1 is 1.30 bits per heavy atom. The lowest BCUT2D eigenvalue weighted by atomic mass is 9.95. The fourth-order valence-electron chi connectivity index (χ4n) is 3.39. The van der Waals surface area contributed by atoms with Crippen molar-refractivity contribution in [2.24, 2.45) is 5.92 Å². The Balaban J connectivity index is 1.71. The van der Waals surface area contributed by atoms with Crippen molar-refractivity contribution in [2.45, 2.75) is 76.5 Å². The van der Waals surface area contributed by atoms with Gasteiger partial charge in [-0.25, -0.2) is 0 Å². The first kappa shape index (κ1) is 20.4. The molecule has 1 N–H and O–H groups in total. The summed E-state index contributed by atoms with van der Waals surface area (Å²) < 4.78 is 2.32. The zero-order valence-corrected chi connectivity index (χ0v) is 18.1. The van der Waals surface area contributed by atoms with E-state index in [2.05, 4.69) is 58.4 Å². The van der Waals surface area contributed by atoms with Gasteiger partial charge in [-0.15, -0.1) is 21.5 Å². The van der Waals surface area contributed by atoms with Crippen molar-refractivity contribution in [2.75, 3.05) is 5.75 Å². The average molecular weight is 407 g/mol. The summed E-state index contributed by atoms with van der Waals surface area (Å²) in [5, 5.41) is 15.0. The highest BCUT2D eigenvalue weighted by molar-refractivity contribution is 7.99. The number of hydrogen-bond donors (Lipinski definition) is 1. The average Bonchev–Trinajstić information content (AvgIpc) is 3.31. The predicted octanol–water partition coefficient (Wildman–Crippen LogP) is 4.69. The molecule has 0 saturated heterocycles. The lowest BCUT2D eigenvalue weighted by Crippen LogP contribution is -2.37. The molecule has 7 heteroatoms. The van der Waals surface area contributed by atoms with Crippen molar-refractivity contribution in [3.63, 3.8) is 0 Å². The van der Waals surface area contributed by atoms with Crippen LogP contribution in [0.1, 0.15) is 69.6 Å². The first-order chi connectivity index (χ1) is 13.0. The highest BCUT2D eigenvalue weighted by Gasteiger charge is 2.24. The number of hydrogen-bond acceptors (Lipinski definition) is 5. The molecule has 148 valence electrons. The summed E-state index contributed by atoms with van der Waals surface area (Å²) >= 11 is 3.27. The minimum atomic E-state index is 0.0687. The van der Waals surface area contributed by atoms with E-state index in [1.54, 1.807) is 11.3 Å². The molecule has 1 saturated carbocycles. The molecule has 0 radical (unpaired) electrons. The first-order valence-corrected chi connectivity index (χ1v) is 11.8. The number of aromatic nitrogens is 3. The molecule has 1 atom stereocenters. The molecule has 2 heterocycles. The van der Waals surface area contributed by atoms with Crippen LogP contribution in [-0.2, 0) is 11.2 Å². The molecule has 3 rings (SSSR count). The van der Waals surface area contributed by atoms with Crippen LogP contribution in [0.2, 0.25) is 0 Å². The Morgan fingerprint density at radius 3 is 2.74 bits per heavy atom. The van der Waals surface area contributed by atoms with E-state index in [-0.39, 0.29) is 11.9 Å². The topological polar surface area (TPSA) is 59.8 Å². The summed E-state index contributed by atoms with van der Waals surface area (Å²) in [6.45, 7) is 6.29. The third-order valence-corrected chi connectivity index (χ3v) is 7.13. The highest BCUT2D eigenvalue weighted by Crippen LogP contribution is 2.33. The second-order valence-electron chi connectivity index (χ2n) is 7.71. The molecule has 1 fully saturated rings. The number of carbonyl (C=O) groups excluding carboxylic acids is 1. The van der Waals surface area contributed by atoms with E-state index in [1.165, 1.54) is 48.7 Å². The Hall–Kier alpha value is -1.34. The van der Waals surface area contributed by atoms with Crippen molar-refractivity contribution >= 4 is 29.0 Å². The molecule has 1 aliphatic rings. The molecular weight excluding hydrogens is 376 g/mol. The predicted molar refractivity (Wildman–Crippen MR) is 112 cm³/mol. The van der Waals surface area contributed by atoms with Crippen molar-refractivity contribution in [3.05, 3.63) is 28.2 Å². The smallest absolute Gasteiger partial charge is 0.230 e. The third kappa shape index (κ3) is 5.57. The van der Waals surface area contributed by atoms with Crippen LogP contribution in [0.3, 0.4) is 0 Å². The summed E-state index contributed by atoms with van der Waals surface area (Å²) in [6, 6.07) is 4.88. The van der Waals surface area contributed by atoms with Crippen molar-refractivity contribution in [1.29, 1.82) is 0 Å². The van der Waals surface area contributed by atoms with Crippen LogP contribution < -0.4 is 5.32 Å². The monoisotopic (exact) mass is 406 g/mol. The Morgan fingerprint density at radius 2 is 2.07 bits per heavy atom. The number of amides is 1. The molecule has 1 amide bonds. The molecule has 0 aromatic carbocycles. The molecule has 2 aromatic heterocycles. The van der Waals surface area contributed by atoms with Crippen LogP contribution in [-0.4, -0.2) is 32.5 Å². The van der Waals surface area contributed by atoms with E-state index in [4.69, 9.17) is 0 Å². The Kier molecular flexibility index (Phi) is 7.35. The maximum Gasteiger partial charge on any atom is 0.230 e. The number of rotatable bonds is 8. The zero-order valence-electron chi connectivity index (χ0n) is 16.5. The van der Waals surface area contributed by atoms with E-state index in [9.17, 15) is 4.79 Å². The van der Waals surface area contributed by atoms with Gasteiger partial charge in [-0.2, -0.15) is 0 Å². The Bertz CT molecular complexity index is 720. The summed E-state index contributed by atoms with van der Waals surface area (Å²) in [5.74, 6) is 1.92. The van der Waals surface area contributed by atoms with Gasteiger partial charge in [0.15, 0.2) is 5.16 Å². The minimum Gasteiger partial charge on any atom is -0.353 e. The zero-order chi connectivity index (χ0) is 19.2. The largest absolute Gasteiger partial charge is 0.353 e. The van der Waals surface area contributed by atoms with Crippen LogP contribution >= 0.6 is 23.1 Å². The SMILES string of the molecule is CC(C)[C@H](C)NC(=O)CSc1nnc(Cc2cccs2)n1C1CCCCC1. The lowest BCUT2D eigenvalue weighted by molar-refractivity contribution is -0.119. The van der Waals surface area contributed by atoms with E-state index < -0.39 is 0 Å². The maximum atomic E-state index is 12.3. The van der Waals surface area contributed by atoms with Gasteiger partial charge < -0.3 is 9.88 Å². The van der Waals surface area contributed by atoms with Crippen molar-refractivity contribution in [1.82, 2.24) is 20.1 Å². The fourth-order valence-corrected chi connectivity index (χ4v) is 4.93. The molecule has 0 aliphatic heterocycles. The number of nitrogens with zero attached hydrogens (tertiary/aromatic N) is 3. The van der Waals surface area contributed by atoms with Gasteiger partial charge in [0.05, 0.1) is 5.75 Å². The molecule has 0 spiro atoms. The number of carbonyl (C=O) groups is 1. The molecule has 1 aliphatic carbocycles. The summed E-state index contributed by atoms with van der Waals surface area (Å²) in [4.78, 5) is 13.6. The van der Waals surface area contributed by atoms with Gasteiger partial charge >= 0.3 is 0 Å². The summed E-state index contributed by atoms with van der Waals surface area (Å²) in [6.07, 6.45) is 7.02. The standard InChI is InChI=1S/C20H30N4OS2/c1-14(2)15(3)21-19(25)13-27-20-23-22-18(12-17-10-7-11-26-17)24(20)16-8-5-4-6-9-16/h7,10-11,14-16H,4-6,8-9,12-13H2,1-3H3,(H,21,25)/t15-/m0/s1. The van der Waals surface area contributed by atoms with Gasteiger partial charge in [0.1, 0.15) is 5.82 Å². The molecule has 5 nitrogen and oxygen atoms in total. The van der Waals surface area contributed by atoms with Crippen molar-refractivity contribution in [3.8, 4) is 0 Å². The van der Waals surface area contributed by atoms with E-state index in [1.807, 2.05) is 0 Å². The second kappa shape index (κ2) is 9.73. The Labute approximate surface area is 170 Å². The number of thiophene rings is 1. The van der Waals surface area contributed by atoms with E-state index >= 15 is 0 Å². The van der Waals surface area contributed by atoms with Crippen LogP contribution in [0, 0.1) is 5.92 Å². The maximum absolute atomic E-state index is 12.3. The van der Waals surface area contributed by atoms with Gasteiger partial charge in [0, 0.05) is 23.4 Å². The molecule has 27 heavy (non-hydrogen) atoms. The highest BCUT2D eigenvalue weighted by atomic mass is 32.2. The number of thioether (sulfide) groups is 1. The van der Waals surface area contributed by atoms with Gasteiger partial charge in [-0.3, -0.25) is 4.79 Å². The third-order valence-electron chi connectivity index (χ3n) is 5.31. The van der Waals surface area contributed by atoms with Gasteiger partial charge in [0.25, 0.3) is 0 Å². The van der Waals surface area contributed by atoms with Gasteiger partial charge in [-0.05, 0) is 37.1 Å².